The summed E-state index contributed by atoms with van der Waals surface area (Å²) in [5, 5.41) is 7.35. The Bertz CT molecular complexity index is 1150. The molecule has 2 aliphatic heterocycles. The van der Waals surface area contributed by atoms with E-state index >= 15 is 0 Å². The number of carbonyl (C=O) groups excluding carboxylic acids is 1. The second-order valence-electron chi connectivity index (χ2n) is 8.23. The van der Waals surface area contributed by atoms with E-state index in [0.717, 1.165) is 37.6 Å². The molecule has 0 radical (unpaired) electrons. The second-order valence-corrected chi connectivity index (χ2v) is 8.23. The van der Waals surface area contributed by atoms with Crippen LogP contribution in [-0.4, -0.2) is 73.3 Å². The average Bonchev–Trinajstić information content (AvgIpc) is 3.27. The highest BCUT2D eigenvalue weighted by atomic mass is 19.1. The number of aryl methyl sites for hydroxylation is 1. The highest BCUT2D eigenvalue weighted by Crippen LogP contribution is 2.32. The second kappa shape index (κ2) is 9.78. The number of benzene rings is 2. The van der Waals surface area contributed by atoms with Crippen molar-refractivity contribution in [3.63, 3.8) is 0 Å². The maximum absolute atomic E-state index is 13.3. The fraction of sp³-hybridized carbons (Fsp3) is 0.375. The van der Waals surface area contributed by atoms with Gasteiger partial charge in [-0.25, -0.2) is 14.1 Å². The molecule has 10 heteroatoms. The van der Waals surface area contributed by atoms with Gasteiger partial charge in [0.05, 0.1) is 43.5 Å². The molecule has 34 heavy (non-hydrogen) atoms. The van der Waals surface area contributed by atoms with E-state index in [9.17, 15) is 9.18 Å². The number of halogens is 1. The minimum atomic E-state index is -0.405. The summed E-state index contributed by atoms with van der Waals surface area (Å²) in [4.78, 5) is 21.9. The van der Waals surface area contributed by atoms with E-state index in [1.807, 2.05) is 12.1 Å². The summed E-state index contributed by atoms with van der Waals surface area (Å²) in [7, 11) is 0. The van der Waals surface area contributed by atoms with E-state index < -0.39 is 5.91 Å². The first-order valence-corrected chi connectivity index (χ1v) is 11.4. The van der Waals surface area contributed by atoms with Crippen LogP contribution in [0.1, 0.15) is 16.4 Å². The minimum Gasteiger partial charge on any atom is -0.378 e. The number of morpholine rings is 2. The number of aromatic nitrogens is 3. The molecule has 0 spiro atoms. The highest BCUT2D eigenvalue weighted by molar-refractivity contribution is 6.03. The summed E-state index contributed by atoms with van der Waals surface area (Å²) in [5.74, 6) is -0.159. The first-order valence-electron chi connectivity index (χ1n) is 11.4. The van der Waals surface area contributed by atoms with Gasteiger partial charge >= 0.3 is 0 Å². The van der Waals surface area contributed by atoms with Crippen LogP contribution in [0.3, 0.4) is 0 Å². The van der Waals surface area contributed by atoms with Crippen LogP contribution in [0, 0.1) is 12.7 Å². The van der Waals surface area contributed by atoms with Crippen molar-refractivity contribution in [2.75, 3.05) is 67.7 Å². The molecule has 2 aliphatic rings. The van der Waals surface area contributed by atoms with Gasteiger partial charge < -0.3 is 24.6 Å². The summed E-state index contributed by atoms with van der Waals surface area (Å²) < 4.78 is 25.8. The fourth-order valence-electron chi connectivity index (χ4n) is 4.20. The molecule has 9 nitrogen and oxygen atoms in total. The number of hydrogen-bond acceptors (Lipinski definition) is 7. The largest absolute Gasteiger partial charge is 0.378 e. The standard InChI is InChI=1S/C24H27FN6O3/c1-17-26-23(28-31(17)19-4-2-18(25)3-5-19)24(32)27-21-7-6-20(29-8-12-33-13-9-29)16-22(21)30-10-14-34-15-11-30/h2-7,16H,8-15H2,1H3,(H,27,32). The van der Waals surface area contributed by atoms with Crippen molar-refractivity contribution in [3.05, 3.63) is 59.9 Å². The van der Waals surface area contributed by atoms with Gasteiger partial charge in [-0.05, 0) is 49.4 Å². The van der Waals surface area contributed by atoms with Gasteiger partial charge in [0, 0.05) is 31.9 Å². The summed E-state index contributed by atoms with van der Waals surface area (Å²) in [6.45, 7) is 7.58. The number of ether oxygens (including phenoxy) is 2. The maximum atomic E-state index is 13.3. The molecule has 178 valence electrons. The molecule has 3 heterocycles. The van der Waals surface area contributed by atoms with Gasteiger partial charge in [0.1, 0.15) is 11.6 Å². The zero-order valence-corrected chi connectivity index (χ0v) is 19.0. The van der Waals surface area contributed by atoms with Gasteiger partial charge in [0.15, 0.2) is 0 Å². The summed E-state index contributed by atoms with van der Waals surface area (Å²) in [6, 6.07) is 11.9. The van der Waals surface area contributed by atoms with Crippen LogP contribution in [0.5, 0.6) is 0 Å². The van der Waals surface area contributed by atoms with Gasteiger partial charge in [-0.15, -0.1) is 5.10 Å². The molecule has 1 N–H and O–H groups in total. The smallest absolute Gasteiger partial charge is 0.295 e. The van der Waals surface area contributed by atoms with Crippen molar-refractivity contribution in [3.8, 4) is 5.69 Å². The van der Waals surface area contributed by atoms with Crippen molar-refractivity contribution in [1.29, 1.82) is 0 Å². The van der Waals surface area contributed by atoms with Crippen molar-refractivity contribution in [2.24, 2.45) is 0 Å². The number of amides is 1. The summed E-state index contributed by atoms with van der Waals surface area (Å²) in [6.07, 6.45) is 0. The molecule has 2 saturated heterocycles. The Labute approximate surface area is 197 Å². The van der Waals surface area contributed by atoms with Gasteiger partial charge in [0.25, 0.3) is 5.91 Å². The van der Waals surface area contributed by atoms with E-state index in [-0.39, 0.29) is 11.6 Å². The van der Waals surface area contributed by atoms with Crippen LogP contribution in [0.4, 0.5) is 21.5 Å². The number of carbonyl (C=O) groups is 1. The Morgan fingerprint density at radius 2 is 1.53 bits per heavy atom. The summed E-state index contributed by atoms with van der Waals surface area (Å²) in [5.41, 5.74) is 3.36. The van der Waals surface area contributed by atoms with Crippen LogP contribution < -0.4 is 15.1 Å². The SMILES string of the molecule is Cc1nc(C(=O)Nc2ccc(N3CCOCC3)cc2N2CCOCC2)nn1-c1ccc(F)cc1. The Balaban J connectivity index is 1.41. The number of anilines is 3. The van der Waals surface area contributed by atoms with E-state index in [2.05, 4.69) is 31.3 Å². The molecule has 0 aliphatic carbocycles. The topological polar surface area (TPSA) is 84.8 Å². The quantitative estimate of drug-likeness (QED) is 0.619. The van der Waals surface area contributed by atoms with Crippen molar-refractivity contribution < 1.29 is 18.7 Å². The predicted octanol–water partition coefficient (Wildman–Crippen LogP) is 2.64. The van der Waals surface area contributed by atoms with Crippen LogP contribution in [0.15, 0.2) is 42.5 Å². The third-order valence-corrected chi connectivity index (χ3v) is 6.00. The number of rotatable bonds is 5. The van der Waals surface area contributed by atoms with E-state index in [1.165, 1.54) is 16.8 Å². The molecule has 0 unspecified atom stereocenters. The maximum Gasteiger partial charge on any atom is 0.295 e. The van der Waals surface area contributed by atoms with E-state index in [4.69, 9.17) is 9.47 Å². The van der Waals surface area contributed by atoms with Gasteiger partial charge in [-0.3, -0.25) is 4.79 Å². The Kier molecular flexibility index (Phi) is 6.41. The van der Waals surface area contributed by atoms with Gasteiger partial charge in [0.2, 0.25) is 5.82 Å². The first-order chi connectivity index (χ1) is 16.6. The molecule has 2 aromatic carbocycles. The lowest BCUT2D eigenvalue weighted by Crippen LogP contribution is -2.38. The average molecular weight is 467 g/mol. The Morgan fingerprint density at radius 1 is 0.912 bits per heavy atom. The zero-order valence-electron chi connectivity index (χ0n) is 19.0. The molecular weight excluding hydrogens is 439 g/mol. The molecule has 0 atom stereocenters. The lowest BCUT2D eigenvalue weighted by Gasteiger charge is -2.33. The lowest BCUT2D eigenvalue weighted by molar-refractivity contribution is 0.101. The van der Waals surface area contributed by atoms with E-state index in [0.29, 0.717) is 43.6 Å². The van der Waals surface area contributed by atoms with Crippen LogP contribution in [-0.2, 0) is 9.47 Å². The fourth-order valence-corrected chi connectivity index (χ4v) is 4.20. The normalized spacial score (nSPS) is 16.5. The molecular formula is C24H27FN6O3. The predicted molar refractivity (Wildman–Crippen MR) is 127 cm³/mol. The number of nitrogens with zero attached hydrogens (tertiary/aromatic N) is 5. The van der Waals surface area contributed by atoms with Crippen molar-refractivity contribution in [1.82, 2.24) is 14.8 Å². The Hall–Kier alpha value is -3.50. The molecule has 3 aromatic rings. The van der Waals surface area contributed by atoms with Crippen LogP contribution in [0.2, 0.25) is 0 Å². The van der Waals surface area contributed by atoms with Crippen LogP contribution >= 0.6 is 0 Å². The minimum absolute atomic E-state index is 0.0482. The molecule has 1 amide bonds. The first kappa shape index (κ1) is 22.3. The third kappa shape index (κ3) is 4.73. The molecule has 1 aromatic heterocycles. The van der Waals surface area contributed by atoms with Crippen molar-refractivity contribution in [2.45, 2.75) is 6.92 Å². The zero-order chi connectivity index (χ0) is 23.5. The molecule has 5 rings (SSSR count). The van der Waals surface area contributed by atoms with Gasteiger partial charge in [-0.2, -0.15) is 0 Å². The lowest BCUT2D eigenvalue weighted by atomic mass is 10.1. The molecule has 0 bridgehead atoms. The molecule has 0 saturated carbocycles. The monoisotopic (exact) mass is 466 g/mol. The number of nitrogens with one attached hydrogen (secondary N) is 1. The van der Waals surface area contributed by atoms with Crippen molar-refractivity contribution >= 4 is 23.0 Å². The van der Waals surface area contributed by atoms with Gasteiger partial charge in [-0.1, -0.05) is 0 Å². The summed E-state index contributed by atoms with van der Waals surface area (Å²) >= 11 is 0. The van der Waals surface area contributed by atoms with E-state index in [1.54, 1.807) is 19.1 Å². The third-order valence-electron chi connectivity index (χ3n) is 6.00. The van der Waals surface area contributed by atoms with Crippen LogP contribution in [0.25, 0.3) is 5.69 Å². The number of hydrogen-bond donors (Lipinski definition) is 1. The highest BCUT2D eigenvalue weighted by Gasteiger charge is 2.22. The molecule has 2 fully saturated rings. The Morgan fingerprint density at radius 3 is 2.21 bits per heavy atom.